The van der Waals surface area contributed by atoms with Crippen molar-refractivity contribution in [2.45, 2.75) is 112 Å². The van der Waals surface area contributed by atoms with Crippen molar-refractivity contribution in [2.75, 3.05) is 6.61 Å². The minimum absolute atomic E-state index is 0.154. The summed E-state index contributed by atoms with van der Waals surface area (Å²) in [5.41, 5.74) is 1.57. The van der Waals surface area contributed by atoms with Crippen molar-refractivity contribution in [3.63, 3.8) is 0 Å². The van der Waals surface area contributed by atoms with Crippen LogP contribution in [0.15, 0.2) is 11.6 Å². The molecule has 0 radical (unpaired) electrons. The number of fused-ring (bicyclic) bond motifs is 2. The third kappa shape index (κ3) is 3.64. The van der Waals surface area contributed by atoms with E-state index in [-0.39, 0.29) is 17.6 Å². The third-order valence-corrected chi connectivity index (χ3v) is 13.3. The predicted octanol–water partition coefficient (Wildman–Crippen LogP) is 6.99. The summed E-state index contributed by atoms with van der Waals surface area (Å²) in [5.74, 6) is 1.57. The summed E-state index contributed by atoms with van der Waals surface area (Å²) in [5, 5.41) is 9.48. The normalized spacial score (nSPS) is 44.6. The molecule has 5 aliphatic carbocycles. The molecule has 0 unspecified atom stereocenters. The number of rotatable bonds is 7. The van der Waals surface area contributed by atoms with Crippen molar-refractivity contribution >= 4 is 17.7 Å². The van der Waals surface area contributed by atoms with Gasteiger partial charge >= 0.3 is 11.9 Å². The van der Waals surface area contributed by atoms with Crippen LogP contribution in [0, 0.1) is 50.7 Å². The first-order valence-corrected chi connectivity index (χ1v) is 14.8. The summed E-state index contributed by atoms with van der Waals surface area (Å²) in [6, 6.07) is 0. The molecule has 0 bridgehead atoms. The van der Waals surface area contributed by atoms with Crippen LogP contribution in [-0.2, 0) is 19.1 Å². The van der Waals surface area contributed by atoms with Gasteiger partial charge in [-0.3, -0.25) is 9.59 Å². The lowest BCUT2D eigenvalue weighted by molar-refractivity contribution is -0.157. The van der Waals surface area contributed by atoms with E-state index in [2.05, 4.69) is 34.6 Å². The van der Waals surface area contributed by atoms with E-state index < -0.39 is 11.9 Å². The highest BCUT2D eigenvalue weighted by Gasteiger charge is 2.82. The first-order valence-electron chi connectivity index (χ1n) is 14.8. The van der Waals surface area contributed by atoms with Gasteiger partial charge in [0.05, 0.1) is 5.57 Å². The van der Waals surface area contributed by atoms with Crippen LogP contribution in [-0.4, -0.2) is 29.4 Å². The highest BCUT2D eigenvalue weighted by molar-refractivity contribution is 5.87. The van der Waals surface area contributed by atoms with Gasteiger partial charge in [-0.1, -0.05) is 40.7 Å². The zero-order chi connectivity index (χ0) is 27.0. The van der Waals surface area contributed by atoms with E-state index in [4.69, 9.17) is 4.74 Å². The number of allylic oxidation sites excluding steroid dienone is 1. The molecular formula is C32H48O5. The Morgan fingerprint density at radius 1 is 1.00 bits per heavy atom. The molecule has 0 aromatic carbocycles. The largest absolute Gasteiger partial charge is 0.478 e. The Morgan fingerprint density at radius 3 is 2.35 bits per heavy atom. The summed E-state index contributed by atoms with van der Waals surface area (Å²) in [6.45, 7) is 13.2. The predicted molar refractivity (Wildman–Crippen MR) is 143 cm³/mol. The molecule has 5 nitrogen and oxygen atoms in total. The van der Waals surface area contributed by atoms with Gasteiger partial charge in [-0.05, 0) is 110 Å². The van der Waals surface area contributed by atoms with E-state index >= 15 is 0 Å². The summed E-state index contributed by atoms with van der Waals surface area (Å²) in [7, 11) is 0. The van der Waals surface area contributed by atoms with Crippen molar-refractivity contribution < 1.29 is 24.2 Å². The Morgan fingerprint density at radius 2 is 1.68 bits per heavy atom. The lowest BCUT2D eigenvalue weighted by atomic mass is 9.42. The van der Waals surface area contributed by atoms with Gasteiger partial charge in [-0.15, -0.1) is 0 Å². The van der Waals surface area contributed by atoms with Gasteiger partial charge < -0.3 is 9.84 Å². The highest BCUT2D eigenvalue weighted by atomic mass is 16.5. The number of carbonyl (C=O) groups is 3. The molecule has 2 spiro atoms. The van der Waals surface area contributed by atoms with Crippen LogP contribution in [0.1, 0.15) is 112 Å². The molecule has 5 heteroatoms. The molecule has 206 valence electrons. The maximum atomic E-state index is 12.9. The minimum atomic E-state index is -1.01. The first kappa shape index (κ1) is 26.9. The first-order chi connectivity index (χ1) is 17.3. The SMILES string of the molecule is CC(=O)OC/C(=C\CC[C@@H](C)[C@H]1CC[C@@]2(C)[C@@H]3CC[C@H]4C(C)(C)C(=O)CC[C@@]45C[C@@]35CC[C@]12C)C(=O)O. The van der Waals surface area contributed by atoms with Gasteiger partial charge in [0.2, 0.25) is 0 Å². The number of esters is 1. The average Bonchev–Trinajstić information content (AvgIpc) is 3.40. The summed E-state index contributed by atoms with van der Waals surface area (Å²) >= 11 is 0. The Balaban J connectivity index is 1.31. The van der Waals surface area contributed by atoms with Crippen LogP contribution in [0.2, 0.25) is 0 Å². The fourth-order valence-corrected chi connectivity index (χ4v) is 11.2. The molecule has 0 amide bonds. The Kier molecular flexibility index (Phi) is 6.32. The van der Waals surface area contributed by atoms with Gasteiger partial charge in [-0.2, -0.15) is 0 Å². The molecule has 1 N–H and O–H groups in total. The minimum Gasteiger partial charge on any atom is -0.478 e. The summed E-state index contributed by atoms with van der Waals surface area (Å²) < 4.78 is 4.94. The number of ether oxygens (including phenoxy) is 1. The van der Waals surface area contributed by atoms with Gasteiger partial charge in [0.15, 0.2) is 0 Å². The number of ketones is 1. The molecule has 37 heavy (non-hydrogen) atoms. The molecule has 5 rings (SSSR count). The molecule has 0 aliphatic heterocycles. The molecule has 5 fully saturated rings. The van der Waals surface area contributed by atoms with Crippen LogP contribution in [0.4, 0.5) is 0 Å². The van der Waals surface area contributed by atoms with Gasteiger partial charge in [-0.25, -0.2) is 4.79 Å². The maximum Gasteiger partial charge on any atom is 0.334 e. The Bertz CT molecular complexity index is 1030. The van der Waals surface area contributed by atoms with Crippen molar-refractivity contribution in [3.05, 3.63) is 11.6 Å². The van der Waals surface area contributed by atoms with Gasteiger partial charge in [0.25, 0.3) is 0 Å². The van der Waals surface area contributed by atoms with Gasteiger partial charge in [0.1, 0.15) is 12.4 Å². The summed E-state index contributed by atoms with van der Waals surface area (Å²) in [6.07, 6.45) is 14.4. The number of hydrogen-bond donors (Lipinski definition) is 1. The van der Waals surface area contributed by atoms with E-state index in [9.17, 15) is 19.5 Å². The molecule has 0 saturated heterocycles. The van der Waals surface area contributed by atoms with Crippen LogP contribution in [0.3, 0.4) is 0 Å². The molecule has 8 atom stereocenters. The second kappa shape index (κ2) is 8.68. The fourth-order valence-electron chi connectivity index (χ4n) is 11.2. The van der Waals surface area contributed by atoms with E-state index in [1.807, 2.05) is 0 Å². The number of Topliss-reactive ketones (excluding diaryl/α,β-unsaturated/α-hetero) is 1. The van der Waals surface area contributed by atoms with Crippen LogP contribution in [0.5, 0.6) is 0 Å². The Labute approximate surface area is 223 Å². The quantitative estimate of drug-likeness (QED) is 0.294. The standard InChI is InChI=1S/C32H48O5/c1-20(8-7-9-22(27(35)36)18-37-21(2)33)23-12-14-30(6)25-11-10-24-28(3,4)26(34)13-15-31(24)19-32(25,31)17-16-29(23,30)5/h9,20,23-25H,7-8,10-19H2,1-6H3,(H,35,36)/b22-9+/t20-,23-,24+,25+,29-,30+,31-,32+/m1/s1. The number of carbonyl (C=O) groups excluding carboxylic acids is 2. The van der Waals surface area contributed by atoms with E-state index in [1.54, 1.807) is 6.08 Å². The second-order valence-electron chi connectivity index (χ2n) is 14.7. The number of aliphatic carboxylic acids is 1. The molecule has 5 aliphatic rings. The fraction of sp³-hybridized carbons (Fsp3) is 0.844. The maximum absolute atomic E-state index is 12.9. The smallest absolute Gasteiger partial charge is 0.334 e. The Hall–Kier alpha value is -1.65. The molecule has 0 heterocycles. The molecule has 0 aromatic rings. The second-order valence-corrected chi connectivity index (χ2v) is 14.7. The van der Waals surface area contributed by atoms with Crippen molar-refractivity contribution in [1.29, 1.82) is 0 Å². The molecular weight excluding hydrogens is 464 g/mol. The van der Waals surface area contributed by atoms with Crippen molar-refractivity contribution in [3.8, 4) is 0 Å². The lowest BCUT2D eigenvalue weighted by Gasteiger charge is -2.62. The van der Waals surface area contributed by atoms with E-state index in [0.717, 1.165) is 25.2 Å². The van der Waals surface area contributed by atoms with E-state index in [0.29, 0.717) is 51.6 Å². The number of carboxylic acids is 1. The van der Waals surface area contributed by atoms with E-state index in [1.165, 1.54) is 51.9 Å². The van der Waals surface area contributed by atoms with Crippen LogP contribution in [0.25, 0.3) is 0 Å². The van der Waals surface area contributed by atoms with Crippen molar-refractivity contribution in [2.24, 2.45) is 50.7 Å². The molecule has 5 saturated carbocycles. The van der Waals surface area contributed by atoms with Crippen LogP contribution < -0.4 is 0 Å². The monoisotopic (exact) mass is 512 g/mol. The average molecular weight is 513 g/mol. The topological polar surface area (TPSA) is 80.7 Å². The molecule has 0 aromatic heterocycles. The number of hydrogen-bond acceptors (Lipinski definition) is 4. The van der Waals surface area contributed by atoms with Gasteiger partial charge in [0, 0.05) is 18.8 Å². The highest BCUT2D eigenvalue weighted by Crippen LogP contribution is 2.88. The van der Waals surface area contributed by atoms with Crippen LogP contribution >= 0.6 is 0 Å². The summed E-state index contributed by atoms with van der Waals surface area (Å²) in [4.78, 5) is 35.6. The zero-order valence-electron chi connectivity index (χ0n) is 24.0. The lowest BCUT2D eigenvalue weighted by Crippen LogP contribution is -2.57. The third-order valence-electron chi connectivity index (χ3n) is 13.3. The number of carboxylic acid groups (broad SMARTS) is 1. The zero-order valence-corrected chi connectivity index (χ0v) is 24.0. The van der Waals surface area contributed by atoms with Crippen molar-refractivity contribution in [1.82, 2.24) is 0 Å².